The van der Waals surface area contributed by atoms with Crippen molar-refractivity contribution in [3.8, 4) is 0 Å². The van der Waals surface area contributed by atoms with Crippen LogP contribution in [0.2, 0.25) is 0 Å². The molecule has 0 aliphatic rings. The summed E-state index contributed by atoms with van der Waals surface area (Å²) in [5.74, 6) is -1.25. The van der Waals surface area contributed by atoms with Crippen LogP contribution in [0.5, 0.6) is 0 Å². The maximum Gasteiger partial charge on any atom is 0.340 e. The van der Waals surface area contributed by atoms with Gasteiger partial charge in [0.1, 0.15) is 11.4 Å². The van der Waals surface area contributed by atoms with E-state index in [1.807, 2.05) is 0 Å². The van der Waals surface area contributed by atoms with Gasteiger partial charge in [-0.1, -0.05) is 6.07 Å². The van der Waals surface area contributed by atoms with E-state index in [0.29, 0.717) is 5.56 Å². The lowest BCUT2D eigenvalue weighted by Gasteiger charge is -2.08. The normalized spacial score (nSPS) is 11.2. The van der Waals surface area contributed by atoms with Gasteiger partial charge in [0, 0.05) is 6.20 Å². The zero-order valence-electron chi connectivity index (χ0n) is 9.78. The van der Waals surface area contributed by atoms with Crippen molar-refractivity contribution in [3.63, 3.8) is 0 Å². The van der Waals surface area contributed by atoms with Crippen LogP contribution < -0.4 is 4.72 Å². The molecule has 0 radical (unpaired) electrons. The van der Waals surface area contributed by atoms with Crippen LogP contribution in [0.25, 0.3) is 0 Å². The first-order valence-corrected chi connectivity index (χ1v) is 6.61. The van der Waals surface area contributed by atoms with Crippen molar-refractivity contribution >= 4 is 21.8 Å². The van der Waals surface area contributed by atoms with Crippen LogP contribution in [0, 0.1) is 6.92 Å². The molecule has 0 unspecified atom stereocenters. The molecule has 9 heteroatoms. The Balaban J connectivity index is 2.41. The van der Waals surface area contributed by atoms with Crippen molar-refractivity contribution in [2.45, 2.75) is 11.9 Å². The Kier molecular flexibility index (Phi) is 3.21. The Morgan fingerprint density at radius 2 is 2.21 bits per heavy atom. The van der Waals surface area contributed by atoms with Crippen LogP contribution in [0.4, 0.5) is 5.82 Å². The van der Waals surface area contributed by atoms with E-state index in [1.54, 1.807) is 19.1 Å². The lowest BCUT2D eigenvalue weighted by atomic mass is 10.3. The van der Waals surface area contributed by atoms with E-state index in [2.05, 4.69) is 19.9 Å². The zero-order valence-corrected chi connectivity index (χ0v) is 10.6. The van der Waals surface area contributed by atoms with Gasteiger partial charge in [0.25, 0.3) is 10.0 Å². The van der Waals surface area contributed by atoms with Crippen LogP contribution in [0.15, 0.2) is 29.6 Å². The minimum Gasteiger partial charge on any atom is -0.478 e. The van der Waals surface area contributed by atoms with Gasteiger partial charge in [0.15, 0.2) is 5.03 Å². The number of carbonyl (C=O) groups is 1. The van der Waals surface area contributed by atoms with Gasteiger partial charge in [-0.3, -0.25) is 9.82 Å². The quantitative estimate of drug-likeness (QED) is 0.754. The Morgan fingerprint density at radius 1 is 1.47 bits per heavy atom. The number of pyridine rings is 1. The van der Waals surface area contributed by atoms with Gasteiger partial charge in [0.05, 0.1) is 6.20 Å². The number of aromatic amines is 1. The fourth-order valence-electron chi connectivity index (χ4n) is 1.40. The molecule has 0 aromatic carbocycles. The average Bonchev–Trinajstić information content (AvgIpc) is 2.82. The minimum absolute atomic E-state index is 0.133. The van der Waals surface area contributed by atoms with Gasteiger partial charge in [0.2, 0.25) is 0 Å². The van der Waals surface area contributed by atoms with Crippen molar-refractivity contribution in [1.29, 1.82) is 0 Å². The van der Waals surface area contributed by atoms with E-state index >= 15 is 0 Å². The molecule has 2 heterocycles. The van der Waals surface area contributed by atoms with Crippen molar-refractivity contribution in [2.24, 2.45) is 0 Å². The number of carboxylic acid groups (broad SMARTS) is 1. The molecule has 0 aliphatic carbocycles. The summed E-state index contributed by atoms with van der Waals surface area (Å²) in [6, 6.07) is 3.34. The highest BCUT2D eigenvalue weighted by Gasteiger charge is 2.25. The van der Waals surface area contributed by atoms with Gasteiger partial charge in [-0.15, -0.1) is 0 Å². The number of nitrogens with zero attached hydrogens (tertiary/aromatic N) is 2. The highest BCUT2D eigenvalue weighted by Crippen LogP contribution is 2.18. The third kappa shape index (κ3) is 2.55. The molecule has 0 amide bonds. The summed E-state index contributed by atoms with van der Waals surface area (Å²) in [7, 11) is -4.08. The average molecular weight is 282 g/mol. The Bertz CT molecular complexity index is 723. The number of sulfonamides is 1. The smallest absolute Gasteiger partial charge is 0.340 e. The molecule has 2 rings (SSSR count). The number of H-pyrrole nitrogens is 1. The number of carboxylic acids is 1. The van der Waals surface area contributed by atoms with E-state index in [-0.39, 0.29) is 5.82 Å². The monoisotopic (exact) mass is 282 g/mol. The fourth-order valence-corrected chi connectivity index (χ4v) is 2.58. The molecule has 0 bridgehead atoms. The van der Waals surface area contributed by atoms with Crippen molar-refractivity contribution in [1.82, 2.24) is 15.2 Å². The van der Waals surface area contributed by atoms with E-state index in [4.69, 9.17) is 5.11 Å². The largest absolute Gasteiger partial charge is 0.478 e. The lowest BCUT2D eigenvalue weighted by Crippen LogP contribution is -2.18. The van der Waals surface area contributed by atoms with Crippen LogP contribution in [0.1, 0.15) is 15.9 Å². The first kappa shape index (κ1) is 13.0. The van der Waals surface area contributed by atoms with Crippen molar-refractivity contribution in [2.75, 3.05) is 4.72 Å². The molecule has 100 valence electrons. The number of hydrogen-bond acceptors (Lipinski definition) is 5. The number of hydrogen-bond donors (Lipinski definition) is 3. The van der Waals surface area contributed by atoms with Crippen LogP contribution in [0.3, 0.4) is 0 Å². The molecule has 2 aromatic rings. The van der Waals surface area contributed by atoms with Crippen LogP contribution >= 0.6 is 0 Å². The van der Waals surface area contributed by atoms with Gasteiger partial charge in [-0.25, -0.2) is 9.78 Å². The molecule has 3 N–H and O–H groups in total. The third-order valence-corrected chi connectivity index (χ3v) is 3.65. The highest BCUT2D eigenvalue weighted by atomic mass is 32.2. The number of aromatic nitrogens is 3. The zero-order chi connectivity index (χ0) is 14.0. The number of anilines is 1. The number of aromatic carboxylic acids is 1. The number of aryl methyl sites for hydroxylation is 1. The second-order valence-corrected chi connectivity index (χ2v) is 5.31. The van der Waals surface area contributed by atoms with Gasteiger partial charge < -0.3 is 5.11 Å². The summed E-state index contributed by atoms with van der Waals surface area (Å²) in [6.45, 7) is 1.68. The predicted molar refractivity (Wildman–Crippen MR) is 65.3 cm³/mol. The van der Waals surface area contributed by atoms with E-state index in [1.165, 1.54) is 6.20 Å². The van der Waals surface area contributed by atoms with Crippen molar-refractivity contribution < 1.29 is 18.3 Å². The molecule has 2 aromatic heterocycles. The molecular formula is C10H10N4O4S. The summed E-state index contributed by atoms with van der Waals surface area (Å²) < 4.78 is 26.3. The van der Waals surface area contributed by atoms with Gasteiger partial charge >= 0.3 is 5.97 Å². The first-order chi connectivity index (χ1) is 8.92. The summed E-state index contributed by atoms with van der Waals surface area (Å²) in [5, 5.41) is 13.9. The molecule has 0 saturated carbocycles. The second kappa shape index (κ2) is 4.69. The van der Waals surface area contributed by atoms with E-state index in [0.717, 1.165) is 6.20 Å². The Hall–Kier alpha value is -2.42. The second-order valence-electron chi connectivity index (χ2n) is 3.69. The molecule has 0 fully saturated rings. The van der Waals surface area contributed by atoms with Gasteiger partial charge in [-0.2, -0.15) is 13.5 Å². The standard InChI is InChI=1S/C10H10N4O4S/c1-6-3-2-4-11-8(6)14-19(17,18)9-7(10(15)16)5-12-13-9/h2-5H,1H3,(H,11,14)(H,12,13)(H,15,16). The molecule has 0 spiro atoms. The molecule has 0 saturated heterocycles. The van der Waals surface area contributed by atoms with E-state index in [9.17, 15) is 13.2 Å². The summed E-state index contributed by atoms with van der Waals surface area (Å²) >= 11 is 0. The topological polar surface area (TPSA) is 125 Å². The maximum absolute atomic E-state index is 12.1. The van der Waals surface area contributed by atoms with Crippen molar-refractivity contribution in [3.05, 3.63) is 35.7 Å². The molecule has 0 aliphatic heterocycles. The molecule has 19 heavy (non-hydrogen) atoms. The maximum atomic E-state index is 12.1. The molecule has 8 nitrogen and oxygen atoms in total. The molecular weight excluding hydrogens is 272 g/mol. The summed E-state index contributed by atoms with van der Waals surface area (Å²) in [6.07, 6.45) is 2.36. The Morgan fingerprint density at radius 3 is 2.84 bits per heavy atom. The fraction of sp³-hybridized carbons (Fsp3) is 0.100. The molecule has 0 atom stereocenters. The number of rotatable bonds is 4. The van der Waals surface area contributed by atoms with Crippen LogP contribution in [-0.4, -0.2) is 34.7 Å². The Labute approximate surface area is 108 Å². The minimum atomic E-state index is -4.08. The SMILES string of the molecule is Cc1cccnc1NS(=O)(=O)c1[nH]ncc1C(=O)O. The lowest BCUT2D eigenvalue weighted by molar-refractivity contribution is 0.0692. The summed E-state index contributed by atoms with van der Waals surface area (Å²) in [5.41, 5.74) is 0.184. The first-order valence-electron chi connectivity index (χ1n) is 5.13. The predicted octanol–water partition coefficient (Wildman–Crippen LogP) is 0.612. The highest BCUT2D eigenvalue weighted by molar-refractivity contribution is 7.92. The van der Waals surface area contributed by atoms with Gasteiger partial charge in [-0.05, 0) is 18.6 Å². The summed E-state index contributed by atoms with van der Waals surface area (Å²) in [4.78, 5) is 14.8. The third-order valence-electron chi connectivity index (χ3n) is 2.34. The van der Waals surface area contributed by atoms with Crippen LogP contribution in [-0.2, 0) is 10.0 Å². The van der Waals surface area contributed by atoms with E-state index < -0.39 is 26.6 Å². The number of nitrogens with one attached hydrogen (secondary N) is 2.